The van der Waals surface area contributed by atoms with E-state index < -0.39 is 0 Å². The summed E-state index contributed by atoms with van der Waals surface area (Å²) < 4.78 is 10.3. The predicted molar refractivity (Wildman–Crippen MR) is 102 cm³/mol. The molecule has 0 saturated heterocycles. The average molecular weight is 358 g/mol. The summed E-state index contributed by atoms with van der Waals surface area (Å²) in [5, 5.41) is 3.11. The quantitative estimate of drug-likeness (QED) is 0.291. The third-order valence-corrected chi connectivity index (χ3v) is 4.05. The van der Waals surface area contributed by atoms with Crippen LogP contribution < -0.4 is 5.32 Å². The van der Waals surface area contributed by atoms with Gasteiger partial charge in [-0.15, -0.1) is 0 Å². The lowest BCUT2D eigenvalue weighted by Crippen LogP contribution is -2.26. The van der Waals surface area contributed by atoms with Crippen molar-refractivity contribution >= 4 is 11.9 Å². The third-order valence-electron chi connectivity index (χ3n) is 4.05. The summed E-state index contributed by atoms with van der Waals surface area (Å²) in [5.41, 5.74) is 0. The molecule has 0 aliphatic carbocycles. The lowest BCUT2D eigenvalue weighted by Gasteiger charge is -2.08. The second kappa shape index (κ2) is 19.2. The molecule has 0 heterocycles. The van der Waals surface area contributed by atoms with Crippen LogP contribution in [0.4, 0.5) is 0 Å². The lowest BCUT2D eigenvalue weighted by molar-refractivity contribution is -0.143. The van der Waals surface area contributed by atoms with E-state index in [4.69, 9.17) is 9.47 Å². The molecule has 0 unspecified atom stereocenters. The van der Waals surface area contributed by atoms with Crippen LogP contribution in [0.25, 0.3) is 0 Å². The molecule has 0 aromatic heterocycles. The van der Waals surface area contributed by atoms with E-state index >= 15 is 0 Å². The van der Waals surface area contributed by atoms with Gasteiger partial charge in [-0.1, -0.05) is 65.2 Å². The summed E-state index contributed by atoms with van der Waals surface area (Å²) in [6.07, 6.45) is 12.4. The van der Waals surface area contributed by atoms with E-state index in [9.17, 15) is 9.59 Å². The van der Waals surface area contributed by atoms with Crippen LogP contribution in [-0.4, -0.2) is 38.2 Å². The maximum absolute atomic E-state index is 11.5. The molecule has 1 N–H and O–H groups in total. The minimum absolute atomic E-state index is 0.118. The van der Waals surface area contributed by atoms with Gasteiger partial charge in [0, 0.05) is 25.9 Å². The first kappa shape index (κ1) is 23.9. The number of ether oxygens (including phenoxy) is 2. The van der Waals surface area contributed by atoms with Crippen LogP contribution in [0.5, 0.6) is 0 Å². The molecule has 0 radical (unpaired) electrons. The van der Waals surface area contributed by atoms with Gasteiger partial charge in [-0.25, -0.2) is 0 Å². The van der Waals surface area contributed by atoms with Crippen molar-refractivity contribution in [1.29, 1.82) is 0 Å². The molecular weight excluding hydrogens is 318 g/mol. The van der Waals surface area contributed by atoms with E-state index in [-0.39, 0.29) is 11.9 Å². The normalized spacial score (nSPS) is 10.6. The summed E-state index contributed by atoms with van der Waals surface area (Å²) in [7, 11) is 0. The van der Waals surface area contributed by atoms with Crippen LogP contribution in [0.15, 0.2) is 0 Å². The Morgan fingerprint density at radius 3 is 1.44 bits per heavy atom. The maximum Gasteiger partial charge on any atom is 0.305 e. The number of carbonyl (C=O) groups excluding carboxylic acids is 2. The Balaban J connectivity index is 3.26. The Morgan fingerprint density at radius 2 is 1.04 bits per heavy atom. The second-order valence-corrected chi connectivity index (χ2v) is 6.52. The van der Waals surface area contributed by atoms with Crippen LogP contribution >= 0.6 is 0 Å². The number of hydrogen-bond donors (Lipinski definition) is 1. The monoisotopic (exact) mass is 357 g/mol. The van der Waals surface area contributed by atoms with Crippen molar-refractivity contribution in [3.63, 3.8) is 0 Å². The van der Waals surface area contributed by atoms with Crippen LogP contribution in [0.3, 0.4) is 0 Å². The van der Waals surface area contributed by atoms with Crippen LogP contribution in [0.2, 0.25) is 0 Å². The van der Waals surface area contributed by atoms with Gasteiger partial charge in [0.15, 0.2) is 0 Å². The minimum atomic E-state index is -0.118. The molecule has 0 rings (SSSR count). The standard InChI is InChI=1S/C20H39NO4/c1-3-5-7-9-11-13-19(22)24-17-15-21-16-18-25-20(23)14-12-10-8-6-4-2/h21H,3-18H2,1-2H3. The van der Waals surface area contributed by atoms with Gasteiger partial charge in [0.1, 0.15) is 13.2 Å². The fourth-order valence-corrected chi connectivity index (χ4v) is 2.49. The second-order valence-electron chi connectivity index (χ2n) is 6.52. The van der Waals surface area contributed by atoms with Crippen molar-refractivity contribution in [2.45, 2.75) is 90.9 Å². The Kier molecular flexibility index (Phi) is 18.4. The molecule has 148 valence electrons. The maximum atomic E-state index is 11.5. The SMILES string of the molecule is CCCCCCCC(=O)OCCNCCOC(=O)CCCCCCC. The first-order valence-electron chi connectivity index (χ1n) is 10.2. The highest BCUT2D eigenvalue weighted by Gasteiger charge is 2.03. The lowest BCUT2D eigenvalue weighted by atomic mass is 10.1. The van der Waals surface area contributed by atoms with Crippen molar-refractivity contribution in [1.82, 2.24) is 5.32 Å². The minimum Gasteiger partial charge on any atom is -0.464 e. The first-order valence-corrected chi connectivity index (χ1v) is 10.2. The Morgan fingerprint density at radius 1 is 0.640 bits per heavy atom. The summed E-state index contributed by atoms with van der Waals surface area (Å²) in [5.74, 6) is -0.236. The highest BCUT2D eigenvalue weighted by Crippen LogP contribution is 2.06. The van der Waals surface area contributed by atoms with Gasteiger partial charge in [-0.05, 0) is 12.8 Å². The largest absolute Gasteiger partial charge is 0.464 e. The molecule has 0 saturated carbocycles. The molecule has 0 amide bonds. The van der Waals surface area contributed by atoms with Gasteiger partial charge in [-0.2, -0.15) is 0 Å². The molecule has 0 fully saturated rings. The van der Waals surface area contributed by atoms with Crippen LogP contribution in [0, 0.1) is 0 Å². The summed E-state index contributed by atoms with van der Waals surface area (Å²) in [6.45, 7) is 6.29. The average Bonchev–Trinajstić information content (AvgIpc) is 2.60. The van der Waals surface area contributed by atoms with Crippen molar-refractivity contribution in [2.24, 2.45) is 0 Å². The molecule has 0 atom stereocenters. The third kappa shape index (κ3) is 19.1. The molecule has 0 aliphatic rings. The van der Waals surface area contributed by atoms with Gasteiger partial charge in [0.2, 0.25) is 0 Å². The van der Waals surface area contributed by atoms with Gasteiger partial charge >= 0.3 is 11.9 Å². The van der Waals surface area contributed by atoms with E-state index in [1.165, 1.54) is 38.5 Å². The van der Waals surface area contributed by atoms with E-state index in [0.29, 0.717) is 39.1 Å². The summed E-state index contributed by atoms with van der Waals surface area (Å²) >= 11 is 0. The van der Waals surface area contributed by atoms with E-state index in [1.807, 2.05) is 0 Å². The zero-order chi connectivity index (χ0) is 18.6. The molecule has 5 heteroatoms. The topological polar surface area (TPSA) is 64.6 Å². The Bertz CT molecular complexity index is 291. The molecule has 0 spiro atoms. The molecule has 0 aliphatic heterocycles. The van der Waals surface area contributed by atoms with E-state index in [2.05, 4.69) is 19.2 Å². The predicted octanol–water partition coefficient (Wildman–Crippen LogP) is 4.38. The number of rotatable bonds is 18. The number of carbonyl (C=O) groups is 2. The highest BCUT2D eigenvalue weighted by molar-refractivity contribution is 5.69. The van der Waals surface area contributed by atoms with Crippen molar-refractivity contribution in [2.75, 3.05) is 26.3 Å². The van der Waals surface area contributed by atoms with Gasteiger partial charge in [0.05, 0.1) is 0 Å². The number of nitrogens with one attached hydrogen (secondary N) is 1. The van der Waals surface area contributed by atoms with E-state index in [1.54, 1.807) is 0 Å². The number of esters is 2. The zero-order valence-electron chi connectivity index (χ0n) is 16.4. The van der Waals surface area contributed by atoms with Crippen molar-refractivity contribution in [3.05, 3.63) is 0 Å². The fourth-order valence-electron chi connectivity index (χ4n) is 2.49. The number of hydrogen-bond acceptors (Lipinski definition) is 5. The molecule has 0 aromatic carbocycles. The van der Waals surface area contributed by atoms with Crippen molar-refractivity contribution in [3.8, 4) is 0 Å². The zero-order valence-corrected chi connectivity index (χ0v) is 16.4. The molecule has 0 aromatic rings. The van der Waals surface area contributed by atoms with Gasteiger partial charge < -0.3 is 14.8 Å². The van der Waals surface area contributed by atoms with Crippen LogP contribution in [-0.2, 0) is 19.1 Å². The number of unbranched alkanes of at least 4 members (excludes halogenated alkanes) is 8. The van der Waals surface area contributed by atoms with E-state index in [0.717, 1.165) is 25.7 Å². The fraction of sp³-hybridized carbons (Fsp3) is 0.900. The highest BCUT2D eigenvalue weighted by atomic mass is 16.5. The van der Waals surface area contributed by atoms with Crippen LogP contribution in [0.1, 0.15) is 90.9 Å². The van der Waals surface area contributed by atoms with Gasteiger partial charge in [0.25, 0.3) is 0 Å². The Hall–Kier alpha value is -1.10. The van der Waals surface area contributed by atoms with Crippen molar-refractivity contribution < 1.29 is 19.1 Å². The molecular formula is C20H39NO4. The molecule has 25 heavy (non-hydrogen) atoms. The molecule has 0 bridgehead atoms. The Labute approximate surface area is 154 Å². The van der Waals surface area contributed by atoms with Gasteiger partial charge in [-0.3, -0.25) is 9.59 Å². The summed E-state index contributed by atoms with van der Waals surface area (Å²) in [6, 6.07) is 0. The summed E-state index contributed by atoms with van der Waals surface area (Å²) in [4.78, 5) is 23.0. The first-order chi connectivity index (χ1) is 12.2. The molecule has 5 nitrogen and oxygen atoms in total. The smallest absolute Gasteiger partial charge is 0.305 e.